The predicted octanol–water partition coefficient (Wildman–Crippen LogP) is 2.93. The third kappa shape index (κ3) is 5.33. The Kier molecular flexibility index (Phi) is 7.56. The topological polar surface area (TPSA) is 135 Å². The van der Waals surface area contributed by atoms with Gasteiger partial charge in [0.25, 0.3) is 0 Å². The second kappa shape index (κ2) is 10.1. The van der Waals surface area contributed by atoms with Gasteiger partial charge < -0.3 is 15.2 Å². The molecule has 3 N–H and O–H groups in total. The lowest BCUT2D eigenvalue weighted by Gasteiger charge is -2.49. The molecule has 1 fully saturated rings. The van der Waals surface area contributed by atoms with E-state index in [-0.39, 0.29) is 18.2 Å². The number of hydrogen-bond acceptors (Lipinski definition) is 7. The van der Waals surface area contributed by atoms with Crippen molar-refractivity contribution in [1.29, 1.82) is 0 Å². The van der Waals surface area contributed by atoms with Gasteiger partial charge in [0.1, 0.15) is 16.5 Å². The monoisotopic (exact) mass is 509 g/mol. The maximum Gasteiger partial charge on any atom is 0.388 e. The Labute approximate surface area is 201 Å². The SMILES string of the molecule is Cc1ccc(NC(=O)C2(c3ccccc3C(C)C)CNC2S(=O)(=O)/C=C/C(=O)O)c(OC(F)F)n1. The molecule has 0 bridgehead atoms. The second-order valence-corrected chi connectivity index (χ2v) is 10.3. The van der Waals surface area contributed by atoms with Crippen molar-refractivity contribution < 1.29 is 36.6 Å². The molecule has 2 heterocycles. The van der Waals surface area contributed by atoms with Crippen LogP contribution in [0.25, 0.3) is 0 Å². The Bertz CT molecular complexity index is 1270. The molecule has 12 heteroatoms. The number of carboxylic acids is 1. The van der Waals surface area contributed by atoms with E-state index >= 15 is 0 Å². The molecule has 1 amide bonds. The zero-order valence-electron chi connectivity index (χ0n) is 19.2. The quantitative estimate of drug-likeness (QED) is 0.439. The van der Waals surface area contributed by atoms with Crippen LogP contribution in [0.4, 0.5) is 14.5 Å². The molecule has 3 rings (SSSR count). The predicted molar refractivity (Wildman–Crippen MR) is 124 cm³/mol. The first kappa shape index (κ1) is 26.2. The van der Waals surface area contributed by atoms with E-state index < -0.39 is 45.0 Å². The van der Waals surface area contributed by atoms with E-state index in [0.717, 1.165) is 0 Å². The molecule has 188 valence electrons. The van der Waals surface area contributed by atoms with Gasteiger partial charge in [0.15, 0.2) is 9.84 Å². The Morgan fingerprint density at radius 1 is 1.26 bits per heavy atom. The average Bonchev–Trinajstić information content (AvgIpc) is 2.73. The number of benzene rings is 1. The van der Waals surface area contributed by atoms with Crippen LogP contribution >= 0.6 is 0 Å². The number of halogens is 2. The zero-order chi connectivity index (χ0) is 26.0. The van der Waals surface area contributed by atoms with Crippen LogP contribution in [0.2, 0.25) is 0 Å². The van der Waals surface area contributed by atoms with Crippen molar-refractivity contribution >= 4 is 27.4 Å². The van der Waals surface area contributed by atoms with E-state index in [1.165, 1.54) is 12.1 Å². The van der Waals surface area contributed by atoms with E-state index in [2.05, 4.69) is 20.4 Å². The molecular weight excluding hydrogens is 484 g/mol. The summed E-state index contributed by atoms with van der Waals surface area (Å²) >= 11 is 0. The minimum absolute atomic E-state index is 0.0897. The number of nitrogens with one attached hydrogen (secondary N) is 2. The van der Waals surface area contributed by atoms with Gasteiger partial charge in [-0.1, -0.05) is 38.1 Å². The maximum atomic E-state index is 13.8. The number of hydrogen-bond donors (Lipinski definition) is 3. The Balaban J connectivity index is 2.15. The minimum Gasteiger partial charge on any atom is -0.478 e. The molecule has 0 radical (unpaired) electrons. The number of pyridine rings is 1. The summed E-state index contributed by atoms with van der Waals surface area (Å²) in [6.07, 6.45) is 0.477. The molecule has 0 aliphatic carbocycles. The van der Waals surface area contributed by atoms with E-state index in [4.69, 9.17) is 5.11 Å². The number of anilines is 1. The molecule has 2 aromatic rings. The third-order valence-electron chi connectivity index (χ3n) is 5.66. The minimum atomic E-state index is -4.29. The van der Waals surface area contributed by atoms with Gasteiger partial charge in [0, 0.05) is 23.7 Å². The highest BCUT2D eigenvalue weighted by atomic mass is 32.2. The molecule has 9 nitrogen and oxygen atoms in total. The van der Waals surface area contributed by atoms with Crippen molar-refractivity contribution in [3.8, 4) is 5.88 Å². The first-order valence-corrected chi connectivity index (χ1v) is 12.2. The van der Waals surface area contributed by atoms with Crippen molar-refractivity contribution in [2.24, 2.45) is 0 Å². The van der Waals surface area contributed by atoms with Crippen LogP contribution in [0.1, 0.15) is 36.6 Å². The number of ether oxygens (including phenoxy) is 1. The summed E-state index contributed by atoms with van der Waals surface area (Å²) in [5.41, 5.74) is -0.373. The molecule has 2 atom stereocenters. The summed E-state index contributed by atoms with van der Waals surface area (Å²) in [7, 11) is -4.29. The molecular formula is C23H25F2N3O6S. The molecule has 1 aromatic heterocycles. The van der Waals surface area contributed by atoms with Crippen LogP contribution in [-0.4, -0.2) is 48.9 Å². The number of aliphatic carboxylic acids is 1. The third-order valence-corrected chi connectivity index (χ3v) is 7.40. The van der Waals surface area contributed by atoms with E-state index in [0.29, 0.717) is 28.3 Å². The number of carbonyl (C=O) groups excluding carboxylic acids is 1. The lowest BCUT2D eigenvalue weighted by molar-refractivity contribution is -0.131. The Morgan fingerprint density at radius 2 is 1.94 bits per heavy atom. The van der Waals surface area contributed by atoms with Crippen molar-refractivity contribution in [3.05, 3.63) is 64.7 Å². The van der Waals surface area contributed by atoms with Crippen molar-refractivity contribution in [3.63, 3.8) is 0 Å². The molecule has 0 spiro atoms. The van der Waals surface area contributed by atoms with Gasteiger partial charge >= 0.3 is 12.6 Å². The lowest BCUT2D eigenvalue weighted by Crippen LogP contribution is -2.73. The van der Waals surface area contributed by atoms with E-state index in [9.17, 15) is 26.8 Å². The molecule has 1 aromatic carbocycles. The lowest BCUT2D eigenvalue weighted by atomic mass is 9.70. The number of nitrogens with zero attached hydrogens (tertiary/aromatic N) is 1. The Morgan fingerprint density at radius 3 is 2.51 bits per heavy atom. The van der Waals surface area contributed by atoms with Gasteiger partial charge in [0.05, 0.1) is 0 Å². The number of aryl methyl sites for hydroxylation is 1. The van der Waals surface area contributed by atoms with Gasteiger partial charge in [-0.15, -0.1) is 0 Å². The van der Waals surface area contributed by atoms with Crippen molar-refractivity contribution in [2.45, 2.75) is 44.1 Å². The molecule has 35 heavy (non-hydrogen) atoms. The van der Waals surface area contributed by atoms with Crippen LogP contribution in [0, 0.1) is 6.92 Å². The number of alkyl halides is 2. The fourth-order valence-corrected chi connectivity index (χ4v) is 5.68. The number of carboxylic acid groups (broad SMARTS) is 1. The van der Waals surface area contributed by atoms with Gasteiger partial charge in [-0.05, 0) is 36.1 Å². The summed E-state index contributed by atoms with van der Waals surface area (Å²) in [6.45, 7) is 2.01. The number of rotatable bonds is 9. The van der Waals surface area contributed by atoms with Crippen molar-refractivity contribution in [2.75, 3.05) is 11.9 Å². The van der Waals surface area contributed by atoms with Crippen molar-refractivity contribution in [1.82, 2.24) is 10.3 Å². The summed E-state index contributed by atoms with van der Waals surface area (Å²) < 4.78 is 56.5. The fraction of sp³-hybridized carbons (Fsp3) is 0.348. The summed E-state index contributed by atoms with van der Waals surface area (Å²) in [5.74, 6) is -2.87. The number of sulfone groups is 1. The standard InChI is InChI=1S/C23H25F2N3O6S/c1-13(2)15-6-4-5-7-16(15)23(12-26-21(23)35(32,33)11-10-18(29)30)20(31)28-17-9-8-14(3)27-19(17)34-22(24)25/h4-11,13,21-22,26H,12H2,1-3H3,(H,28,31)(H,29,30)/b11-10+. The highest BCUT2D eigenvalue weighted by Gasteiger charge is 2.60. The van der Waals surface area contributed by atoms with Crippen LogP contribution in [0.3, 0.4) is 0 Å². The largest absolute Gasteiger partial charge is 0.478 e. The molecule has 1 aliphatic rings. The zero-order valence-corrected chi connectivity index (χ0v) is 20.0. The summed E-state index contributed by atoms with van der Waals surface area (Å²) in [5, 5.41) is 13.2. The van der Waals surface area contributed by atoms with Gasteiger partial charge in [0.2, 0.25) is 11.8 Å². The van der Waals surface area contributed by atoms with Gasteiger partial charge in [-0.25, -0.2) is 18.2 Å². The molecule has 1 aliphatic heterocycles. The average molecular weight is 510 g/mol. The number of carbonyl (C=O) groups is 2. The number of amides is 1. The van der Waals surface area contributed by atoms with Gasteiger partial charge in [-0.3, -0.25) is 10.1 Å². The van der Waals surface area contributed by atoms with Crippen LogP contribution in [-0.2, 0) is 24.8 Å². The Hall–Kier alpha value is -3.38. The highest BCUT2D eigenvalue weighted by Crippen LogP contribution is 2.42. The fourth-order valence-electron chi connectivity index (χ4n) is 4.02. The van der Waals surface area contributed by atoms with Crippen LogP contribution < -0.4 is 15.4 Å². The van der Waals surface area contributed by atoms with Gasteiger partial charge in [-0.2, -0.15) is 8.78 Å². The maximum absolute atomic E-state index is 13.8. The first-order chi connectivity index (χ1) is 16.4. The first-order valence-electron chi connectivity index (χ1n) is 10.6. The second-order valence-electron chi connectivity index (χ2n) is 8.34. The molecule has 2 unspecified atom stereocenters. The van der Waals surface area contributed by atoms with Crippen LogP contribution in [0.15, 0.2) is 47.9 Å². The smallest absolute Gasteiger partial charge is 0.388 e. The summed E-state index contributed by atoms with van der Waals surface area (Å²) in [4.78, 5) is 28.6. The summed E-state index contributed by atoms with van der Waals surface area (Å²) in [6, 6.07) is 9.62. The number of aromatic nitrogens is 1. The van der Waals surface area contributed by atoms with E-state index in [1.54, 1.807) is 31.2 Å². The highest BCUT2D eigenvalue weighted by molar-refractivity contribution is 7.95. The molecule has 1 saturated heterocycles. The van der Waals surface area contributed by atoms with E-state index in [1.807, 2.05) is 13.8 Å². The molecule has 0 saturated carbocycles. The normalized spacial score (nSPS) is 20.1. The van der Waals surface area contributed by atoms with Crippen LogP contribution in [0.5, 0.6) is 5.88 Å².